The van der Waals surface area contributed by atoms with Gasteiger partial charge in [-0.15, -0.1) is 0 Å². The molecule has 3 aliphatic rings. The van der Waals surface area contributed by atoms with E-state index in [2.05, 4.69) is 273 Å². The van der Waals surface area contributed by atoms with Gasteiger partial charge in [-0.1, -0.05) is 0 Å². The van der Waals surface area contributed by atoms with Gasteiger partial charge in [0.25, 0.3) is 0 Å². The summed E-state index contributed by atoms with van der Waals surface area (Å²) in [6.07, 6.45) is 6.90. The fourth-order valence-electron chi connectivity index (χ4n) is 13.5. The summed E-state index contributed by atoms with van der Waals surface area (Å²) in [5.74, 6) is 0. The molecule has 78 heavy (non-hydrogen) atoms. The summed E-state index contributed by atoms with van der Waals surface area (Å²) in [7, 11) is 18.8. The molecule has 0 amide bonds. The van der Waals surface area contributed by atoms with E-state index in [9.17, 15) is 17.0 Å². The summed E-state index contributed by atoms with van der Waals surface area (Å²) in [4.78, 5) is 0. The predicted molar refractivity (Wildman–Crippen MR) is 342 cm³/mol. The maximum atomic E-state index is 9.90. The molecular formula is C74H79Cl2SiZr. The first-order chi connectivity index (χ1) is 36.8. The zero-order valence-electron chi connectivity index (χ0n) is 48.8. The van der Waals surface area contributed by atoms with Crippen molar-refractivity contribution in [3.63, 3.8) is 0 Å². The summed E-state index contributed by atoms with van der Waals surface area (Å²) >= 11 is -6.16. The van der Waals surface area contributed by atoms with E-state index >= 15 is 0 Å². The first-order valence-corrected chi connectivity index (χ1v) is 40.6. The molecule has 0 saturated carbocycles. The average molecular weight is 1160 g/mol. The van der Waals surface area contributed by atoms with Crippen LogP contribution in [-0.2, 0) is 50.9 Å². The Morgan fingerprint density at radius 1 is 0.410 bits per heavy atom. The van der Waals surface area contributed by atoms with Crippen LogP contribution < -0.4 is 13.6 Å². The molecule has 2 atom stereocenters. The van der Waals surface area contributed by atoms with E-state index in [4.69, 9.17) is 0 Å². The van der Waals surface area contributed by atoms with Gasteiger partial charge >= 0.3 is 483 Å². The van der Waals surface area contributed by atoms with E-state index in [-0.39, 0.29) is 28.9 Å². The van der Waals surface area contributed by atoms with E-state index in [1.807, 2.05) is 0 Å². The van der Waals surface area contributed by atoms with Gasteiger partial charge in [0, 0.05) is 0 Å². The molecular weight excluding hydrogens is 1080 g/mol. The third-order valence-corrected chi connectivity index (χ3v) is 40.4. The van der Waals surface area contributed by atoms with Crippen molar-refractivity contribution in [3.05, 3.63) is 231 Å². The van der Waals surface area contributed by atoms with Crippen LogP contribution in [0.2, 0.25) is 0 Å². The van der Waals surface area contributed by atoms with Gasteiger partial charge in [-0.05, 0) is 0 Å². The Balaban J connectivity index is 1.30. The van der Waals surface area contributed by atoms with Crippen LogP contribution in [0.15, 0.2) is 164 Å². The fourth-order valence-corrected chi connectivity index (χ4v) is 40.5. The molecule has 1 aliphatic heterocycles. The topological polar surface area (TPSA) is 0 Å². The number of hydrogen-bond donors (Lipinski definition) is 0. The number of aryl methyl sites for hydroxylation is 2. The van der Waals surface area contributed by atoms with Crippen LogP contribution >= 0.6 is 17.0 Å². The number of hydrogen-bond acceptors (Lipinski definition) is 0. The van der Waals surface area contributed by atoms with Crippen molar-refractivity contribution in [3.8, 4) is 33.4 Å². The van der Waals surface area contributed by atoms with Gasteiger partial charge in [0.1, 0.15) is 0 Å². The summed E-state index contributed by atoms with van der Waals surface area (Å²) in [6.45, 7) is 32.8. The van der Waals surface area contributed by atoms with E-state index in [1.54, 1.807) is 0 Å². The Hall–Kier alpha value is -5.08. The van der Waals surface area contributed by atoms with E-state index in [0.717, 1.165) is 12.8 Å². The first-order valence-electron chi connectivity index (χ1n) is 28.8. The van der Waals surface area contributed by atoms with E-state index in [0.29, 0.717) is 0 Å². The molecule has 397 valence electrons. The quantitative estimate of drug-likeness (QED) is 0.126. The van der Waals surface area contributed by atoms with Gasteiger partial charge in [0.15, 0.2) is 0 Å². The molecule has 0 fully saturated rings. The SMILES string of the molecule is CCc1ccc2c(c1-c1cc(C(C)(C)C)cc(C(C)(C)C)c1)C=C(c1ccccc1)[CH]2[Zr]([Cl])([Cl])([c]1cccc2c1[SiH2]c1ccccc1-2)[CH]1C(c2ccccc2)=Cc2c1ccc(CC)c2-c1cc(C(C)(C)C)cc(C(C)(C)C)c1. The van der Waals surface area contributed by atoms with Crippen LogP contribution in [0.25, 0.3) is 56.7 Å². The van der Waals surface area contributed by atoms with Crippen LogP contribution in [0.3, 0.4) is 0 Å². The van der Waals surface area contributed by atoms with Gasteiger partial charge in [-0.3, -0.25) is 0 Å². The van der Waals surface area contributed by atoms with Gasteiger partial charge < -0.3 is 0 Å². The van der Waals surface area contributed by atoms with Crippen LogP contribution in [0.4, 0.5) is 0 Å². The molecule has 0 N–H and O–H groups in total. The van der Waals surface area contributed by atoms with Crippen molar-refractivity contribution in [2.45, 2.75) is 139 Å². The Bertz CT molecular complexity index is 3490. The molecule has 8 aromatic rings. The number of fused-ring (bicyclic) bond motifs is 5. The van der Waals surface area contributed by atoms with Gasteiger partial charge in [0.2, 0.25) is 0 Å². The van der Waals surface area contributed by atoms with Gasteiger partial charge in [-0.25, -0.2) is 0 Å². The molecule has 0 bridgehead atoms. The molecule has 2 aliphatic carbocycles. The molecule has 4 heteroatoms. The second kappa shape index (κ2) is 19.6. The minimum atomic E-state index is -6.16. The number of benzene rings is 8. The van der Waals surface area contributed by atoms with Crippen LogP contribution in [0.1, 0.15) is 171 Å². The third kappa shape index (κ3) is 9.22. The first kappa shape index (κ1) is 54.9. The summed E-state index contributed by atoms with van der Waals surface area (Å²) in [5.41, 5.74) is 25.5. The minimum absolute atomic E-state index is 0.0557. The Morgan fingerprint density at radius 2 is 0.795 bits per heavy atom. The molecule has 0 nitrogen and oxygen atoms in total. The Morgan fingerprint density at radius 3 is 1.19 bits per heavy atom. The predicted octanol–water partition coefficient (Wildman–Crippen LogP) is 18.6. The molecule has 0 spiro atoms. The van der Waals surface area contributed by atoms with E-state index < -0.39 is 25.9 Å². The zero-order chi connectivity index (χ0) is 55.5. The maximum absolute atomic E-state index is 9.90. The van der Waals surface area contributed by atoms with Crippen LogP contribution in [0, 0.1) is 0 Å². The summed E-state index contributed by atoms with van der Waals surface area (Å²) in [6, 6.07) is 63.1. The van der Waals surface area contributed by atoms with Gasteiger partial charge in [-0.2, -0.15) is 0 Å². The Labute approximate surface area is 478 Å². The van der Waals surface area contributed by atoms with Crippen LogP contribution in [0.5, 0.6) is 0 Å². The van der Waals surface area contributed by atoms with Crippen molar-refractivity contribution >= 4 is 63.5 Å². The van der Waals surface area contributed by atoms with Crippen LogP contribution in [-0.4, -0.2) is 9.52 Å². The summed E-state index contributed by atoms with van der Waals surface area (Å²) in [5, 5.41) is 2.89. The van der Waals surface area contributed by atoms with E-state index in [1.165, 1.54) is 125 Å². The molecule has 11 rings (SSSR count). The molecule has 2 unspecified atom stereocenters. The fraction of sp³-hybridized carbons (Fsp3) is 0.297. The average Bonchev–Trinajstić information content (AvgIpc) is 4.32. The molecule has 0 radical (unpaired) electrons. The second-order valence-electron chi connectivity index (χ2n) is 27.1. The molecule has 0 aromatic heterocycles. The van der Waals surface area contributed by atoms with Gasteiger partial charge in [0.05, 0.1) is 0 Å². The normalized spacial score (nSPS) is 17.0. The van der Waals surface area contributed by atoms with Crippen molar-refractivity contribution in [2.24, 2.45) is 0 Å². The number of halogens is 2. The van der Waals surface area contributed by atoms with Crippen molar-refractivity contribution < 1.29 is 16.4 Å². The van der Waals surface area contributed by atoms with Crippen molar-refractivity contribution in [1.82, 2.24) is 0 Å². The second-order valence-corrected chi connectivity index (χ2v) is 49.6. The third-order valence-electron chi connectivity index (χ3n) is 17.9. The molecule has 8 aromatic carbocycles. The van der Waals surface area contributed by atoms with Crippen molar-refractivity contribution in [2.75, 3.05) is 0 Å². The Kier molecular flexibility index (Phi) is 13.8. The number of allylic oxidation sites excluding steroid dienone is 2. The monoisotopic (exact) mass is 1160 g/mol. The molecule has 0 saturated heterocycles. The number of rotatable bonds is 9. The standard InChI is InChI=1S/2C31H35.C12H9Si.2ClH.Zr/c2*1-8-21-14-15-23-16-24(22-12-10-9-11-13-22)19-28(23)29(21)25-17-26(30(2,3)4)20-27(18-25)31(5,6)7;1-3-7-11-9(5-1)10-6-2-4-8-12(10)13-11;;;/h2*9-20H,8H2,1-7H3;1-7H,13H2;2*1H;/q;;;;;+2/p-2. The molecule has 1 heterocycles. The van der Waals surface area contributed by atoms with Crippen molar-refractivity contribution in [1.29, 1.82) is 0 Å². The zero-order valence-corrected chi connectivity index (χ0v) is 54.2. The summed E-state index contributed by atoms with van der Waals surface area (Å²) < 4.78 is 0.599.